The molecule has 0 amide bonds. The fraction of sp³-hybridized carbons (Fsp3) is 0.250. The molecular weight excluding hydrogens is 256 g/mol. The van der Waals surface area contributed by atoms with Crippen molar-refractivity contribution in [1.29, 1.82) is 0 Å². The van der Waals surface area contributed by atoms with Gasteiger partial charge in [0, 0.05) is 11.1 Å². The number of carbonyl (C=O) groups excluding carboxylic acids is 1. The Morgan fingerprint density at radius 2 is 1.62 bits per heavy atom. The number of aryl methyl sites for hydroxylation is 3. The summed E-state index contributed by atoms with van der Waals surface area (Å²) in [5, 5.41) is 0. The van der Waals surface area contributed by atoms with Gasteiger partial charge in [0.15, 0.2) is 5.78 Å². The molecule has 0 aliphatic heterocycles. The minimum atomic E-state index is 0.201. The standard InChI is InChI=1S/C20H20O/c1-14-6-9-16(10-7-14)13-18-5-3-4-17-11-8-15(2)12-19(17)20(18)21/h6-13H,3-5H2,1-2H3/b18-13+. The summed E-state index contributed by atoms with van der Waals surface area (Å²) < 4.78 is 0. The molecule has 1 aliphatic carbocycles. The topological polar surface area (TPSA) is 17.1 Å². The van der Waals surface area contributed by atoms with Crippen LogP contribution in [0.25, 0.3) is 6.08 Å². The Bertz CT molecular complexity index is 705. The van der Waals surface area contributed by atoms with Crippen molar-refractivity contribution in [2.45, 2.75) is 33.1 Å². The summed E-state index contributed by atoms with van der Waals surface area (Å²) >= 11 is 0. The summed E-state index contributed by atoms with van der Waals surface area (Å²) in [6.45, 7) is 4.12. The number of carbonyl (C=O) groups is 1. The number of rotatable bonds is 1. The van der Waals surface area contributed by atoms with Gasteiger partial charge in [0.25, 0.3) is 0 Å². The quantitative estimate of drug-likeness (QED) is 0.534. The normalized spacial score (nSPS) is 16.7. The SMILES string of the molecule is Cc1ccc(/C=C2\CCCc3ccc(C)cc3C2=O)cc1. The first-order valence-corrected chi connectivity index (χ1v) is 7.55. The number of Topliss-reactive ketones (excluding diaryl/α,β-unsaturated/α-hetero) is 1. The molecule has 0 saturated heterocycles. The number of allylic oxidation sites excluding steroid dienone is 1. The van der Waals surface area contributed by atoms with Crippen molar-refractivity contribution in [3.05, 3.63) is 75.9 Å². The second-order valence-electron chi connectivity index (χ2n) is 5.92. The van der Waals surface area contributed by atoms with E-state index in [2.05, 4.69) is 49.4 Å². The number of benzene rings is 2. The fourth-order valence-electron chi connectivity index (χ4n) is 2.88. The summed E-state index contributed by atoms with van der Waals surface area (Å²) in [5.74, 6) is 0.201. The van der Waals surface area contributed by atoms with E-state index >= 15 is 0 Å². The van der Waals surface area contributed by atoms with E-state index in [9.17, 15) is 4.79 Å². The van der Waals surface area contributed by atoms with E-state index in [4.69, 9.17) is 0 Å². The lowest BCUT2D eigenvalue weighted by atomic mass is 9.97. The average molecular weight is 276 g/mol. The minimum absolute atomic E-state index is 0.201. The van der Waals surface area contributed by atoms with Gasteiger partial charge >= 0.3 is 0 Å². The second-order valence-corrected chi connectivity index (χ2v) is 5.92. The van der Waals surface area contributed by atoms with Gasteiger partial charge in [-0.25, -0.2) is 0 Å². The van der Waals surface area contributed by atoms with E-state index in [0.717, 1.165) is 41.5 Å². The molecule has 21 heavy (non-hydrogen) atoms. The third-order valence-electron chi connectivity index (χ3n) is 4.11. The Morgan fingerprint density at radius 3 is 2.38 bits per heavy atom. The summed E-state index contributed by atoms with van der Waals surface area (Å²) in [7, 11) is 0. The number of hydrogen-bond acceptors (Lipinski definition) is 1. The molecule has 0 heterocycles. The third-order valence-corrected chi connectivity index (χ3v) is 4.11. The van der Waals surface area contributed by atoms with Crippen molar-refractivity contribution in [2.24, 2.45) is 0 Å². The molecule has 0 aromatic heterocycles. The molecule has 0 bridgehead atoms. The highest BCUT2D eigenvalue weighted by Gasteiger charge is 2.19. The highest BCUT2D eigenvalue weighted by atomic mass is 16.1. The van der Waals surface area contributed by atoms with Crippen LogP contribution in [0, 0.1) is 13.8 Å². The number of hydrogen-bond donors (Lipinski definition) is 0. The summed E-state index contributed by atoms with van der Waals surface area (Å²) in [4.78, 5) is 12.8. The highest BCUT2D eigenvalue weighted by molar-refractivity contribution is 6.12. The number of fused-ring (bicyclic) bond motifs is 1. The minimum Gasteiger partial charge on any atom is -0.289 e. The molecule has 1 heteroatoms. The fourth-order valence-corrected chi connectivity index (χ4v) is 2.88. The van der Waals surface area contributed by atoms with Gasteiger partial charge in [-0.3, -0.25) is 4.79 Å². The first-order chi connectivity index (χ1) is 10.1. The van der Waals surface area contributed by atoms with E-state index in [1.165, 1.54) is 11.1 Å². The maximum Gasteiger partial charge on any atom is 0.189 e. The number of ketones is 1. The Balaban J connectivity index is 2.00. The van der Waals surface area contributed by atoms with Crippen molar-refractivity contribution in [1.82, 2.24) is 0 Å². The second kappa shape index (κ2) is 5.69. The lowest BCUT2D eigenvalue weighted by Gasteiger charge is -2.06. The largest absolute Gasteiger partial charge is 0.289 e. The summed E-state index contributed by atoms with van der Waals surface area (Å²) in [6, 6.07) is 14.6. The smallest absolute Gasteiger partial charge is 0.189 e. The van der Waals surface area contributed by atoms with Crippen LogP contribution in [0.3, 0.4) is 0 Å². The van der Waals surface area contributed by atoms with Crippen molar-refractivity contribution >= 4 is 11.9 Å². The molecule has 0 spiro atoms. The zero-order valence-electron chi connectivity index (χ0n) is 12.6. The Kier molecular flexibility index (Phi) is 3.74. The Morgan fingerprint density at radius 1 is 0.905 bits per heavy atom. The summed E-state index contributed by atoms with van der Waals surface area (Å²) in [5.41, 5.74) is 6.52. The molecule has 0 radical (unpaired) electrons. The highest BCUT2D eigenvalue weighted by Crippen LogP contribution is 2.26. The monoisotopic (exact) mass is 276 g/mol. The van der Waals surface area contributed by atoms with E-state index in [-0.39, 0.29) is 5.78 Å². The van der Waals surface area contributed by atoms with Crippen molar-refractivity contribution in [3.8, 4) is 0 Å². The predicted octanol–water partition coefficient (Wildman–Crippen LogP) is 4.91. The van der Waals surface area contributed by atoms with E-state index in [0.29, 0.717) is 0 Å². The van der Waals surface area contributed by atoms with Crippen LogP contribution in [-0.2, 0) is 6.42 Å². The Hall–Kier alpha value is -2.15. The van der Waals surface area contributed by atoms with Gasteiger partial charge in [-0.15, -0.1) is 0 Å². The zero-order chi connectivity index (χ0) is 14.8. The van der Waals surface area contributed by atoms with Crippen LogP contribution >= 0.6 is 0 Å². The molecule has 0 fully saturated rings. The first kappa shape index (κ1) is 13.8. The van der Waals surface area contributed by atoms with Crippen molar-refractivity contribution in [3.63, 3.8) is 0 Å². The first-order valence-electron chi connectivity index (χ1n) is 7.55. The zero-order valence-corrected chi connectivity index (χ0v) is 12.6. The van der Waals surface area contributed by atoms with Crippen molar-refractivity contribution in [2.75, 3.05) is 0 Å². The van der Waals surface area contributed by atoms with Crippen LogP contribution in [0.15, 0.2) is 48.0 Å². The van der Waals surface area contributed by atoms with Crippen molar-refractivity contribution < 1.29 is 4.79 Å². The van der Waals surface area contributed by atoms with Gasteiger partial charge in [0.05, 0.1) is 0 Å². The van der Waals surface area contributed by atoms with Gasteiger partial charge in [-0.2, -0.15) is 0 Å². The van der Waals surface area contributed by atoms with Crippen LogP contribution in [0.2, 0.25) is 0 Å². The van der Waals surface area contributed by atoms with E-state index in [1.807, 2.05) is 13.0 Å². The Labute approximate surface area is 126 Å². The van der Waals surface area contributed by atoms with Crippen LogP contribution in [-0.4, -0.2) is 5.78 Å². The molecular formula is C20H20O. The van der Waals surface area contributed by atoms with Crippen LogP contribution in [0.4, 0.5) is 0 Å². The molecule has 2 aromatic rings. The molecule has 0 unspecified atom stereocenters. The van der Waals surface area contributed by atoms with Gasteiger partial charge in [0.1, 0.15) is 0 Å². The average Bonchev–Trinajstić information content (AvgIpc) is 2.62. The van der Waals surface area contributed by atoms with Gasteiger partial charge in [-0.05, 0) is 56.4 Å². The lowest BCUT2D eigenvalue weighted by molar-refractivity contribution is 0.103. The van der Waals surface area contributed by atoms with E-state index in [1.54, 1.807) is 0 Å². The molecule has 0 N–H and O–H groups in total. The maximum atomic E-state index is 12.8. The molecule has 1 aliphatic rings. The van der Waals surface area contributed by atoms with Crippen LogP contribution < -0.4 is 0 Å². The van der Waals surface area contributed by atoms with Gasteiger partial charge in [-0.1, -0.05) is 47.5 Å². The van der Waals surface area contributed by atoms with E-state index < -0.39 is 0 Å². The van der Waals surface area contributed by atoms with Gasteiger partial charge in [0.2, 0.25) is 0 Å². The lowest BCUT2D eigenvalue weighted by Crippen LogP contribution is -2.04. The van der Waals surface area contributed by atoms with Gasteiger partial charge < -0.3 is 0 Å². The molecule has 2 aromatic carbocycles. The predicted molar refractivity (Wildman–Crippen MR) is 87.6 cm³/mol. The summed E-state index contributed by atoms with van der Waals surface area (Å²) in [6.07, 6.45) is 4.95. The molecule has 0 saturated carbocycles. The third kappa shape index (κ3) is 2.97. The van der Waals surface area contributed by atoms with Crippen LogP contribution in [0.1, 0.15) is 45.5 Å². The molecule has 106 valence electrons. The molecule has 1 nitrogen and oxygen atoms in total. The molecule has 3 rings (SSSR count). The maximum absolute atomic E-state index is 12.8. The van der Waals surface area contributed by atoms with Crippen LogP contribution in [0.5, 0.6) is 0 Å². The molecule has 0 atom stereocenters.